The minimum Gasteiger partial charge on any atom is -0.357 e. The first-order chi connectivity index (χ1) is 12.8. The van der Waals surface area contributed by atoms with E-state index in [9.17, 15) is 4.79 Å². The fourth-order valence-electron chi connectivity index (χ4n) is 4.82. The lowest BCUT2D eigenvalue weighted by molar-refractivity contribution is -0.117. The number of nitrogens with one attached hydrogen (secondary N) is 1. The molecule has 1 aromatic carbocycles. The van der Waals surface area contributed by atoms with Gasteiger partial charge >= 0.3 is 0 Å². The molecule has 1 N–H and O–H groups in total. The Morgan fingerprint density at radius 3 is 2.59 bits per heavy atom. The molecule has 1 saturated carbocycles. The van der Waals surface area contributed by atoms with Gasteiger partial charge in [-0.2, -0.15) is 0 Å². The average molecular weight is 482 g/mol. The number of guanidine groups is 1. The molecule has 27 heavy (non-hydrogen) atoms. The fraction of sp³-hybridized carbons (Fsp3) is 0.619. The molecule has 2 aliphatic heterocycles. The Hall–Kier alpha value is -1.31. The number of hydrogen-bond donors (Lipinski definition) is 1. The number of fused-ring (bicyclic) bond motifs is 2. The zero-order chi connectivity index (χ0) is 17.9. The molecule has 2 unspecified atom stereocenters. The van der Waals surface area contributed by atoms with E-state index in [1.165, 1.54) is 25.7 Å². The number of rotatable bonds is 4. The molecule has 1 saturated heterocycles. The van der Waals surface area contributed by atoms with Crippen molar-refractivity contribution in [1.29, 1.82) is 0 Å². The lowest BCUT2D eigenvalue weighted by atomic mass is 9.82. The molecule has 4 rings (SSSR count). The van der Waals surface area contributed by atoms with Gasteiger partial charge < -0.3 is 15.1 Å². The van der Waals surface area contributed by atoms with E-state index < -0.39 is 0 Å². The van der Waals surface area contributed by atoms with Crippen molar-refractivity contribution in [2.24, 2.45) is 16.8 Å². The van der Waals surface area contributed by atoms with Crippen molar-refractivity contribution in [1.82, 2.24) is 10.2 Å². The van der Waals surface area contributed by atoms with Crippen LogP contribution in [0.1, 0.15) is 38.2 Å². The zero-order valence-electron chi connectivity index (χ0n) is 16.2. The second-order valence-corrected chi connectivity index (χ2v) is 7.80. The SMILES string of the molecule is CCNC(=NCCN1C(=O)Cc2ccccc21)N1CC2CCCCC2C1.I. The number of carbonyl (C=O) groups is 1. The van der Waals surface area contributed by atoms with Crippen molar-refractivity contribution in [3.63, 3.8) is 0 Å². The van der Waals surface area contributed by atoms with E-state index in [1.54, 1.807) is 0 Å². The van der Waals surface area contributed by atoms with Gasteiger partial charge in [-0.1, -0.05) is 31.0 Å². The van der Waals surface area contributed by atoms with E-state index in [0.717, 1.165) is 48.7 Å². The van der Waals surface area contributed by atoms with Crippen molar-refractivity contribution < 1.29 is 4.79 Å². The van der Waals surface area contributed by atoms with E-state index in [1.807, 2.05) is 29.2 Å². The third kappa shape index (κ3) is 4.41. The standard InChI is InChI=1S/C21H30N4O.HI/c1-2-22-21(24-14-17-8-3-4-9-18(17)15-24)23-11-12-25-19-10-6-5-7-16(19)13-20(25)26;/h5-7,10,17-18H,2-4,8-9,11-15H2,1H3,(H,22,23);1H. The summed E-state index contributed by atoms with van der Waals surface area (Å²) in [6.45, 7) is 6.60. The summed E-state index contributed by atoms with van der Waals surface area (Å²) >= 11 is 0. The fourth-order valence-corrected chi connectivity index (χ4v) is 4.82. The monoisotopic (exact) mass is 482 g/mol. The van der Waals surface area contributed by atoms with Crippen molar-refractivity contribution in [2.45, 2.75) is 39.0 Å². The highest BCUT2D eigenvalue weighted by Crippen LogP contribution is 2.36. The highest BCUT2D eigenvalue weighted by Gasteiger charge is 2.35. The lowest BCUT2D eigenvalue weighted by Gasteiger charge is -2.22. The lowest BCUT2D eigenvalue weighted by Crippen LogP contribution is -2.41. The Labute approximate surface area is 179 Å². The van der Waals surface area contributed by atoms with E-state index >= 15 is 0 Å². The summed E-state index contributed by atoms with van der Waals surface area (Å²) in [5.74, 6) is 2.92. The molecule has 0 radical (unpaired) electrons. The van der Waals surface area contributed by atoms with E-state index in [-0.39, 0.29) is 29.9 Å². The number of para-hydroxylation sites is 1. The second kappa shape index (κ2) is 9.26. The Morgan fingerprint density at radius 1 is 1.19 bits per heavy atom. The van der Waals surface area contributed by atoms with Gasteiger partial charge in [0.15, 0.2) is 5.96 Å². The third-order valence-corrected chi connectivity index (χ3v) is 6.12. The van der Waals surface area contributed by atoms with Crippen LogP contribution < -0.4 is 10.2 Å². The first kappa shape index (κ1) is 20.4. The van der Waals surface area contributed by atoms with Gasteiger partial charge in [-0.15, -0.1) is 24.0 Å². The summed E-state index contributed by atoms with van der Waals surface area (Å²) in [6.07, 6.45) is 6.05. The highest BCUT2D eigenvalue weighted by atomic mass is 127. The van der Waals surface area contributed by atoms with Crippen LogP contribution in [0.2, 0.25) is 0 Å². The largest absolute Gasteiger partial charge is 0.357 e. The number of amides is 1. The van der Waals surface area contributed by atoms with E-state index in [0.29, 0.717) is 19.5 Å². The van der Waals surface area contributed by atoms with Crippen LogP contribution in [-0.4, -0.2) is 49.5 Å². The van der Waals surface area contributed by atoms with Crippen LogP contribution in [-0.2, 0) is 11.2 Å². The van der Waals surface area contributed by atoms with Crippen LogP contribution in [0.25, 0.3) is 0 Å². The number of halogens is 1. The smallest absolute Gasteiger partial charge is 0.231 e. The van der Waals surface area contributed by atoms with Crippen LogP contribution in [0.4, 0.5) is 5.69 Å². The minimum absolute atomic E-state index is 0. The van der Waals surface area contributed by atoms with Gasteiger partial charge in [0.25, 0.3) is 0 Å². The van der Waals surface area contributed by atoms with Crippen molar-refractivity contribution >= 4 is 41.5 Å². The van der Waals surface area contributed by atoms with Gasteiger partial charge in [0.2, 0.25) is 5.91 Å². The topological polar surface area (TPSA) is 47.9 Å². The molecule has 2 atom stereocenters. The van der Waals surface area contributed by atoms with Crippen LogP contribution in [0.5, 0.6) is 0 Å². The summed E-state index contributed by atoms with van der Waals surface area (Å²) in [7, 11) is 0. The number of benzene rings is 1. The van der Waals surface area contributed by atoms with Crippen molar-refractivity contribution in [3.05, 3.63) is 29.8 Å². The van der Waals surface area contributed by atoms with Crippen LogP contribution in [0.3, 0.4) is 0 Å². The quantitative estimate of drug-likeness (QED) is 0.407. The molecule has 1 aliphatic carbocycles. The molecule has 148 valence electrons. The Balaban J connectivity index is 0.00000210. The van der Waals surface area contributed by atoms with Gasteiger partial charge in [-0.05, 0) is 43.2 Å². The van der Waals surface area contributed by atoms with Crippen LogP contribution in [0.15, 0.2) is 29.3 Å². The highest BCUT2D eigenvalue weighted by molar-refractivity contribution is 14.0. The number of likely N-dealkylation sites (tertiary alicyclic amines) is 1. The normalized spacial score (nSPS) is 24.5. The molecule has 6 heteroatoms. The first-order valence-corrected chi connectivity index (χ1v) is 10.2. The predicted molar refractivity (Wildman–Crippen MR) is 121 cm³/mol. The summed E-state index contributed by atoms with van der Waals surface area (Å²) in [4.78, 5) is 21.5. The molecule has 0 bridgehead atoms. The number of aliphatic imine (C=N–C) groups is 1. The summed E-state index contributed by atoms with van der Waals surface area (Å²) in [6, 6.07) is 8.10. The molecule has 5 nitrogen and oxygen atoms in total. The maximum atomic E-state index is 12.3. The Bertz CT molecular complexity index is 679. The molecule has 1 amide bonds. The number of carbonyl (C=O) groups excluding carboxylic acids is 1. The number of anilines is 1. The molecule has 3 aliphatic rings. The third-order valence-electron chi connectivity index (χ3n) is 6.12. The molecular formula is C21H31IN4O. The molecule has 0 spiro atoms. The van der Waals surface area contributed by atoms with Crippen LogP contribution >= 0.6 is 24.0 Å². The number of nitrogens with zero attached hydrogens (tertiary/aromatic N) is 3. The molecule has 2 fully saturated rings. The predicted octanol–water partition coefficient (Wildman–Crippen LogP) is 3.28. The minimum atomic E-state index is 0. The van der Waals surface area contributed by atoms with Gasteiger partial charge in [0, 0.05) is 31.9 Å². The number of hydrogen-bond acceptors (Lipinski definition) is 2. The molecule has 0 aromatic heterocycles. The van der Waals surface area contributed by atoms with Gasteiger partial charge in [0.1, 0.15) is 0 Å². The van der Waals surface area contributed by atoms with Crippen LogP contribution in [0, 0.1) is 11.8 Å². The zero-order valence-corrected chi connectivity index (χ0v) is 18.5. The average Bonchev–Trinajstić information content (AvgIpc) is 3.22. The molecule has 1 aromatic rings. The van der Waals surface area contributed by atoms with E-state index in [2.05, 4.69) is 17.1 Å². The summed E-state index contributed by atoms with van der Waals surface area (Å²) in [5.41, 5.74) is 2.20. The summed E-state index contributed by atoms with van der Waals surface area (Å²) in [5, 5.41) is 3.46. The van der Waals surface area contributed by atoms with Gasteiger partial charge in [0.05, 0.1) is 13.0 Å². The maximum Gasteiger partial charge on any atom is 0.231 e. The summed E-state index contributed by atoms with van der Waals surface area (Å²) < 4.78 is 0. The first-order valence-electron chi connectivity index (χ1n) is 10.2. The molecular weight excluding hydrogens is 451 g/mol. The van der Waals surface area contributed by atoms with Gasteiger partial charge in [-0.3, -0.25) is 9.79 Å². The van der Waals surface area contributed by atoms with E-state index in [4.69, 9.17) is 4.99 Å². The van der Waals surface area contributed by atoms with Gasteiger partial charge in [-0.25, -0.2) is 0 Å². The Morgan fingerprint density at radius 2 is 1.89 bits per heavy atom. The second-order valence-electron chi connectivity index (χ2n) is 7.80. The Kier molecular flexibility index (Phi) is 7.00. The maximum absolute atomic E-state index is 12.3. The van der Waals surface area contributed by atoms with Crippen molar-refractivity contribution in [3.8, 4) is 0 Å². The van der Waals surface area contributed by atoms with Crippen molar-refractivity contribution in [2.75, 3.05) is 37.6 Å². The molecule has 2 heterocycles.